The van der Waals surface area contributed by atoms with E-state index in [2.05, 4.69) is 24.3 Å². The minimum atomic E-state index is 0.340. The van der Waals surface area contributed by atoms with E-state index >= 15 is 0 Å². The van der Waals surface area contributed by atoms with Crippen LogP contribution in [0.3, 0.4) is 0 Å². The average Bonchev–Trinajstić information content (AvgIpc) is 2.87. The molecular formula is C16H23NO. The second-order valence-electron chi connectivity index (χ2n) is 5.81. The van der Waals surface area contributed by atoms with Crippen LogP contribution >= 0.6 is 0 Å². The van der Waals surface area contributed by atoms with E-state index in [1.165, 1.54) is 30.4 Å². The lowest BCUT2D eigenvalue weighted by Crippen LogP contribution is -2.28. The summed E-state index contributed by atoms with van der Waals surface area (Å²) in [7, 11) is 0. The molecule has 18 heavy (non-hydrogen) atoms. The monoisotopic (exact) mass is 245 g/mol. The Morgan fingerprint density at radius 2 is 2.22 bits per heavy atom. The third kappa shape index (κ3) is 2.60. The number of benzene rings is 1. The number of rotatable bonds is 5. The van der Waals surface area contributed by atoms with Crippen molar-refractivity contribution in [2.75, 3.05) is 6.61 Å². The van der Waals surface area contributed by atoms with Crippen molar-refractivity contribution in [1.82, 2.24) is 0 Å². The van der Waals surface area contributed by atoms with E-state index in [1.807, 2.05) is 0 Å². The highest BCUT2D eigenvalue weighted by Crippen LogP contribution is 2.38. The molecule has 0 saturated carbocycles. The molecule has 0 amide bonds. The smallest absolute Gasteiger partial charge is 0.0576 e. The molecule has 0 bridgehead atoms. The average molecular weight is 245 g/mol. The van der Waals surface area contributed by atoms with Crippen LogP contribution in [0.4, 0.5) is 0 Å². The summed E-state index contributed by atoms with van der Waals surface area (Å²) in [6, 6.07) is 9.11. The highest BCUT2D eigenvalue weighted by Gasteiger charge is 2.27. The molecule has 2 N–H and O–H groups in total. The Kier molecular flexibility index (Phi) is 3.67. The van der Waals surface area contributed by atoms with Gasteiger partial charge in [0.2, 0.25) is 0 Å². The van der Waals surface area contributed by atoms with E-state index in [1.54, 1.807) is 0 Å². The van der Waals surface area contributed by atoms with Gasteiger partial charge in [0, 0.05) is 12.6 Å². The van der Waals surface area contributed by atoms with Crippen molar-refractivity contribution in [2.24, 2.45) is 5.73 Å². The molecule has 2 nitrogen and oxygen atoms in total. The van der Waals surface area contributed by atoms with E-state index in [-0.39, 0.29) is 0 Å². The first-order valence-electron chi connectivity index (χ1n) is 7.28. The molecule has 1 aromatic rings. The van der Waals surface area contributed by atoms with Crippen LogP contribution in [0.5, 0.6) is 0 Å². The summed E-state index contributed by atoms with van der Waals surface area (Å²) in [6.07, 6.45) is 7.59. The van der Waals surface area contributed by atoms with Gasteiger partial charge in [0.1, 0.15) is 0 Å². The van der Waals surface area contributed by atoms with Crippen molar-refractivity contribution in [2.45, 2.75) is 56.6 Å². The highest BCUT2D eigenvalue weighted by molar-refractivity contribution is 5.39. The molecule has 1 aromatic carbocycles. The minimum absolute atomic E-state index is 0.340. The molecule has 3 unspecified atom stereocenters. The molecule has 2 aliphatic rings. The van der Waals surface area contributed by atoms with Gasteiger partial charge in [-0.25, -0.2) is 0 Å². The Morgan fingerprint density at radius 1 is 1.33 bits per heavy atom. The Bertz CT molecular complexity index is 398. The summed E-state index contributed by atoms with van der Waals surface area (Å²) in [5.41, 5.74) is 9.32. The highest BCUT2D eigenvalue weighted by atomic mass is 16.5. The maximum absolute atomic E-state index is 6.26. The molecule has 3 atom stereocenters. The van der Waals surface area contributed by atoms with Crippen LogP contribution in [0.1, 0.15) is 49.1 Å². The van der Waals surface area contributed by atoms with Gasteiger partial charge in [0.25, 0.3) is 0 Å². The first-order valence-corrected chi connectivity index (χ1v) is 7.28. The van der Waals surface area contributed by atoms with Crippen molar-refractivity contribution < 1.29 is 4.74 Å². The van der Waals surface area contributed by atoms with E-state index in [0.29, 0.717) is 18.1 Å². The number of hydrogen-bond acceptors (Lipinski definition) is 2. The topological polar surface area (TPSA) is 35.2 Å². The zero-order valence-electron chi connectivity index (χ0n) is 11.0. The Hall–Kier alpha value is -0.860. The quantitative estimate of drug-likeness (QED) is 0.865. The van der Waals surface area contributed by atoms with Crippen molar-refractivity contribution >= 4 is 0 Å². The van der Waals surface area contributed by atoms with Gasteiger partial charge in [-0.1, -0.05) is 24.3 Å². The molecule has 0 spiro atoms. The van der Waals surface area contributed by atoms with Gasteiger partial charge in [0.15, 0.2) is 0 Å². The SMILES string of the molecule is NC(CCC1CCCO1)CC1Cc2ccccc21. The maximum Gasteiger partial charge on any atom is 0.0576 e. The zero-order valence-corrected chi connectivity index (χ0v) is 11.0. The van der Waals surface area contributed by atoms with Crippen LogP contribution in [0.25, 0.3) is 0 Å². The molecule has 2 heteroatoms. The van der Waals surface area contributed by atoms with Gasteiger partial charge in [0.05, 0.1) is 6.10 Å². The summed E-state index contributed by atoms with van der Waals surface area (Å²) in [5, 5.41) is 0. The number of hydrogen-bond donors (Lipinski definition) is 1. The summed E-state index contributed by atoms with van der Waals surface area (Å²) in [6.45, 7) is 0.954. The van der Waals surface area contributed by atoms with Crippen molar-refractivity contribution in [1.29, 1.82) is 0 Å². The predicted molar refractivity (Wildman–Crippen MR) is 73.7 cm³/mol. The normalized spacial score (nSPS) is 27.6. The fourth-order valence-corrected chi connectivity index (χ4v) is 3.33. The van der Waals surface area contributed by atoms with Gasteiger partial charge < -0.3 is 10.5 Å². The third-order valence-electron chi connectivity index (χ3n) is 4.43. The maximum atomic E-state index is 6.26. The molecule has 1 heterocycles. The standard InChI is InChI=1S/C16H23NO/c17-14(7-8-15-5-3-9-18-15)11-13-10-12-4-1-2-6-16(12)13/h1-2,4,6,13-15H,3,5,7-11,17H2. The third-order valence-corrected chi connectivity index (χ3v) is 4.43. The second kappa shape index (κ2) is 5.41. The van der Waals surface area contributed by atoms with E-state index in [0.717, 1.165) is 25.9 Å². The number of ether oxygens (including phenoxy) is 1. The van der Waals surface area contributed by atoms with E-state index in [9.17, 15) is 0 Å². The zero-order chi connectivity index (χ0) is 12.4. The largest absolute Gasteiger partial charge is 0.378 e. The lowest BCUT2D eigenvalue weighted by Gasteiger charge is -2.32. The fourth-order valence-electron chi connectivity index (χ4n) is 3.33. The van der Waals surface area contributed by atoms with Gasteiger partial charge >= 0.3 is 0 Å². The lowest BCUT2D eigenvalue weighted by molar-refractivity contribution is 0.100. The molecule has 3 rings (SSSR count). The van der Waals surface area contributed by atoms with Crippen LogP contribution in [-0.4, -0.2) is 18.8 Å². The molecule has 1 aliphatic carbocycles. The van der Waals surface area contributed by atoms with Crippen molar-refractivity contribution in [3.05, 3.63) is 35.4 Å². The van der Waals surface area contributed by atoms with Crippen molar-refractivity contribution in [3.8, 4) is 0 Å². The summed E-state index contributed by atoms with van der Waals surface area (Å²) in [4.78, 5) is 0. The fraction of sp³-hybridized carbons (Fsp3) is 0.625. The lowest BCUT2D eigenvalue weighted by atomic mass is 9.74. The Labute approximate surface area is 110 Å². The van der Waals surface area contributed by atoms with Crippen LogP contribution in [0.15, 0.2) is 24.3 Å². The molecule has 1 saturated heterocycles. The Morgan fingerprint density at radius 3 is 3.00 bits per heavy atom. The van der Waals surface area contributed by atoms with E-state index < -0.39 is 0 Å². The van der Waals surface area contributed by atoms with Gasteiger partial charge in [-0.2, -0.15) is 0 Å². The van der Waals surface area contributed by atoms with Crippen LogP contribution in [0.2, 0.25) is 0 Å². The molecule has 1 fully saturated rings. The Balaban J connectivity index is 1.43. The number of nitrogens with two attached hydrogens (primary N) is 1. The van der Waals surface area contributed by atoms with Crippen LogP contribution < -0.4 is 5.73 Å². The second-order valence-corrected chi connectivity index (χ2v) is 5.81. The van der Waals surface area contributed by atoms with Crippen LogP contribution in [-0.2, 0) is 11.2 Å². The summed E-state index contributed by atoms with van der Waals surface area (Å²) < 4.78 is 5.65. The predicted octanol–water partition coefficient (Wildman–Crippen LogP) is 3.00. The molecule has 1 aliphatic heterocycles. The summed E-state index contributed by atoms with van der Waals surface area (Å²) >= 11 is 0. The van der Waals surface area contributed by atoms with Gasteiger partial charge in [-0.05, 0) is 55.6 Å². The molecule has 0 aromatic heterocycles. The molecular weight excluding hydrogens is 222 g/mol. The molecule has 0 radical (unpaired) electrons. The van der Waals surface area contributed by atoms with Gasteiger partial charge in [-0.3, -0.25) is 0 Å². The van der Waals surface area contributed by atoms with E-state index in [4.69, 9.17) is 10.5 Å². The van der Waals surface area contributed by atoms with Crippen molar-refractivity contribution in [3.63, 3.8) is 0 Å². The summed E-state index contributed by atoms with van der Waals surface area (Å²) in [5.74, 6) is 0.709. The first kappa shape index (κ1) is 12.2. The first-order chi connectivity index (χ1) is 8.83. The number of fused-ring (bicyclic) bond motifs is 1. The van der Waals surface area contributed by atoms with Gasteiger partial charge in [-0.15, -0.1) is 0 Å². The minimum Gasteiger partial charge on any atom is -0.378 e. The molecule has 98 valence electrons. The van der Waals surface area contributed by atoms with Crippen LogP contribution in [0, 0.1) is 0 Å².